The van der Waals surface area contributed by atoms with E-state index in [1.54, 1.807) is 11.8 Å². The minimum Gasteiger partial charge on any atom is -0.469 e. The molecule has 0 aromatic heterocycles. The summed E-state index contributed by atoms with van der Waals surface area (Å²) in [4.78, 5) is 26.0. The van der Waals surface area contributed by atoms with Gasteiger partial charge in [0.05, 0.1) is 19.6 Å². The smallest absolute Gasteiger partial charge is 0.307 e. The topological polar surface area (TPSA) is 46.6 Å². The van der Waals surface area contributed by atoms with Crippen LogP contribution in [0.1, 0.15) is 29.3 Å². The summed E-state index contributed by atoms with van der Waals surface area (Å²) in [6.45, 7) is 2.77. The van der Waals surface area contributed by atoms with Crippen LogP contribution < -0.4 is 0 Å². The number of carbonyl (C=O) groups is 2. The normalized spacial score (nSPS) is 18.4. The summed E-state index contributed by atoms with van der Waals surface area (Å²) < 4.78 is 4.73. The minimum atomic E-state index is -0.262. The van der Waals surface area contributed by atoms with Crippen LogP contribution in [0, 0.1) is 0 Å². The van der Waals surface area contributed by atoms with Gasteiger partial charge in [-0.3, -0.25) is 9.59 Å². The molecule has 1 aromatic rings. The Morgan fingerprint density at radius 2 is 2.05 bits per heavy atom. The zero-order chi connectivity index (χ0) is 15.2. The number of nitrogens with zero attached hydrogens (tertiary/aromatic N) is 1. The number of ether oxygens (including phenoxy) is 1. The Morgan fingerprint density at radius 1 is 1.33 bits per heavy atom. The second-order valence-corrected chi connectivity index (χ2v) is 6.21. The molecule has 2 rings (SSSR count). The van der Waals surface area contributed by atoms with E-state index in [1.165, 1.54) is 12.7 Å². The van der Waals surface area contributed by atoms with Gasteiger partial charge >= 0.3 is 5.97 Å². The zero-order valence-electron chi connectivity index (χ0n) is 12.5. The van der Waals surface area contributed by atoms with Crippen molar-refractivity contribution in [3.8, 4) is 0 Å². The van der Waals surface area contributed by atoms with Crippen molar-refractivity contribution < 1.29 is 14.3 Å². The lowest BCUT2D eigenvalue weighted by molar-refractivity contribution is -0.141. The number of hydrogen-bond acceptors (Lipinski definition) is 4. The second kappa shape index (κ2) is 7.50. The van der Waals surface area contributed by atoms with Gasteiger partial charge in [-0.1, -0.05) is 19.1 Å². The fourth-order valence-corrected chi connectivity index (χ4v) is 3.48. The zero-order valence-corrected chi connectivity index (χ0v) is 13.3. The maximum absolute atomic E-state index is 12.6. The van der Waals surface area contributed by atoms with Gasteiger partial charge in [0.25, 0.3) is 5.91 Å². The van der Waals surface area contributed by atoms with Gasteiger partial charge < -0.3 is 9.64 Å². The van der Waals surface area contributed by atoms with Crippen LogP contribution in [0.25, 0.3) is 0 Å². The Balaban J connectivity index is 2.11. The van der Waals surface area contributed by atoms with Gasteiger partial charge in [0.1, 0.15) is 0 Å². The molecule has 1 amide bonds. The van der Waals surface area contributed by atoms with Crippen molar-refractivity contribution in [2.75, 3.05) is 25.2 Å². The van der Waals surface area contributed by atoms with Crippen LogP contribution in [0.4, 0.5) is 0 Å². The molecule has 114 valence electrons. The van der Waals surface area contributed by atoms with E-state index in [4.69, 9.17) is 4.74 Å². The van der Waals surface area contributed by atoms with Crippen LogP contribution in [0.2, 0.25) is 0 Å². The standard InChI is InChI=1S/C16H21NO3S/c1-3-12-4-6-13(7-5-12)16(19)17-8-9-21-11-14(17)10-15(18)20-2/h4-7,14H,3,8-11H2,1-2H3/t14-/m0/s1. The fraction of sp³-hybridized carbons (Fsp3) is 0.500. The Hall–Kier alpha value is -1.49. The molecule has 1 aliphatic rings. The first-order valence-electron chi connectivity index (χ1n) is 7.20. The maximum atomic E-state index is 12.6. The number of aryl methyl sites for hydroxylation is 1. The highest BCUT2D eigenvalue weighted by molar-refractivity contribution is 7.99. The molecule has 5 heteroatoms. The number of benzene rings is 1. The Kier molecular flexibility index (Phi) is 5.67. The second-order valence-electron chi connectivity index (χ2n) is 5.06. The summed E-state index contributed by atoms with van der Waals surface area (Å²) in [7, 11) is 1.38. The summed E-state index contributed by atoms with van der Waals surface area (Å²) in [5, 5.41) is 0. The predicted octanol–water partition coefficient (Wildman–Crippen LogP) is 2.37. The third kappa shape index (κ3) is 4.00. The third-order valence-corrected chi connectivity index (χ3v) is 4.82. The number of carbonyl (C=O) groups excluding carboxylic acids is 2. The highest BCUT2D eigenvalue weighted by Crippen LogP contribution is 2.22. The number of thioether (sulfide) groups is 1. The van der Waals surface area contributed by atoms with E-state index in [9.17, 15) is 9.59 Å². The first-order valence-corrected chi connectivity index (χ1v) is 8.35. The summed E-state index contributed by atoms with van der Waals surface area (Å²) in [5.74, 6) is 1.44. The van der Waals surface area contributed by atoms with E-state index in [2.05, 4.69) is 6.92 Å². The molecule has 0 N–H and O–H groups in total. The lowest BCUT2D eigenvalue weighted by Gasteiger charge is -2.35. The SMILES string of the molecule is CCc1ccc(C(=O)N2CCSC[C@@H]2CC(=O)OC)cc1. The van der Waals surface area contributed by atoms with Gasteiger partial charge in [-0.15, -0.1) is 0 Å². The van der Waals surface area contributed by atoms with Crippen molar-refractivity contribution in [2.45, 2.75) is 25.8 Å². The van der Waals surface area contributed by atoms with Crippen LogP contribution in [-0.4, -0.2) is 48.0 Å². The van der Waals surface area contributed by atoms with E-state index in [-0.39, 0.29) is 24.3 Å². The molecule has 0 saturated carbocycles. The Labute approximate surface area is 129 Å². The lowest BCUT2D eigenvalue weighted by Crippen LogP contribution is -2.47. The molecule has 1 saturated heterocycles. The first-order chi connectivity index (χ1) is 10.2. The highest BCUT2D eigenvalue weighted by Gasteiger charge is 2.29. The largest absolute Gasteiger partial charge is 0.469 e. The van der Waals surface area contributed by atoms with Crippen LogP contribution in [0.3, 0.4) is 0 Å². The Morgan fingerprint density at radius 3 is 2.67 bits per heavy atom. The van der Waals surface area contributed by atoms with Gasteiger partial charge in [-0.25, -0.2) is 0 Å². The van der Waals surface area contributed by atoms with Gasteiger partial charge in [-0.2, -0.15) is 11.8 Å². The van der Waals surface area contributed by atoms with Crippen molar-refractivity contribution in [1.29, 1.82) is 0 Å². The highest BCUT2D eigenvalue weighted by atomic mass is 32.2. The molecule has 1 heterocycles. The number of hydrogen-bond donors (Lipinski definition) is 0. The molecule has 0 bridgehead atoms. The van der Waals surface area contributed by atoms with Crippen molar-refractivity contribution >= 4 is 23.6 Å². The molecule has 1 aromatic carbocycles. The van der Waals surface area contributed by atoms with Crippen molar-refractivity contribution in [2.24, 2.45) is 0 Å². The third-order valence-electron chi connectivity index (χ3n) is 3.73. The first kappa shape index (κ1) is 15.9. The van der Waals surface area contributed by atoms with E-state index in [1.807, 2.05) is 29.2 Å². The van der Waals surface area contributed by atoms with Crippen LogP contribution >= 0.6 is 11.8 Å². The molecule has 1 atom stereocenters. The monoisotopic (exact) mass is 307 g/mol. The van der Waals surface area contributed by atoms with Crippen molar-refractivity contribution in [1.82, 2.24) is 4.90 Å². The predicted molar refractivity (Wildman–Crippen MR) is 84.6 cm³/mol. The fourth-order valence-electron chi connectivity index (χ4n) is 2.42. The minimum absolute atomic E-state index is 0.00635. The van der Waals surface area contributed by atoms with E-state index < -0.39 is 0 Å². The number of methoxy groups -OCH3 is 1. The summed E-state index contributed by atoms with van der Waals surface area (Å²) in [6.07, 6.45) is 1.22. The average molecular weight is 307 g/mol. The molecule has 4 nitrogen and oxygen atoms in total. The molecule has 0 aliphatic carbocycles. The molecule has 0 spiro atoms. The van der Waals surface area contributed by atoms with E-state index >= 15 is 0 Å². The number of rotatable bonds is 4. The van der Waals surface area contributed by atoms with Gasteiger partial charge in [0.2, 0.25) is 0 Å². The quantitative estimate of drug-likeness (QED) is 0.801. The van der Waals surface area contributed by atoms with E-state index in [0.717, 1.165) is 17.9 Å². The van der Waals surface area contributed by atoms with Crippen molar-refractivity contribution in [3.05, 3.63) is 35.4 Å². The molecule has 1 aliphatic heterocycles. The van der Waals surface area contributed by atoms with Gasteiger partial charge in [-0.05, 0) is 24.1 Å². The average Bonchev–Trinajstić information content (AvgIpc) is 2.54. The molecule has 1 fully saturated rings. The van der Waals surface area contributed by atoms with Gasteiger partial charge in [0, 0.05) is 23.6 Å². The van der Waals surface area contributed by atoms with Crippen LogP contribution in [0.5, 0.6) is 0 Å². The summed E-state index contributed by atoms with van der Waals surface area (Å²) in [5.41, 5.74) is 1.90. The molecular weight excluding hydrogens is 286 g/mol. The maximum Gasteiger partial charge on any atom is 0.307 e. The summed E-state index contributed by atoms with van der Waals surface area (Å²) in [6, 6.07) is 7.65. The lowest BCUT2D eigenvalue weighted by atomic mass is 10.1. The number of esters is 1. The molecule has 21 heavy (non-hydrogen) atoms. The number of amides is 1. The molecule has 0 radical (unpaired) electrons. The van der Waals surface area contributed by atoms with Gasteiger partial charge in [0.15, 0.2) is 0 Å². The van der Waals surface area contributed by atoms with Crippen LogP contribution in [0.15, 0.2) is 24.3 Å². The van der Waals surface area contributed by atoms with E-state index in [0.29, 0.717) is 12.1 Å². The molecular formula is C16H21NO3S. The molecule has 0 unspecified atom stereocenters. The summed E-state index contributed by atoms with van der Waals surface area (Å²) >= 11 is 1.78. The Bertz CT molecular complexity index is 501. The van der Waals surface area contributed by atoms with Crippen LogP contribution in [-0.2, 0) is 16.0 Å². The van der Waals surface area contributed by atoms with Crippen molar-refractivity contribution in [3.63, 3.8) is 0 Å².